The molecule has 0 saturated heterocycles. The van der Waals surface area contributed by atoms with Gasteiger partial charge in [0.05, 0.1) is 17.1 Å². The van der Waals surface area contributed by atoms with Crippen molar-refractivity contribution < 1.29 is 24.6 Å². The molecular formula is C10H14N4O5. The molecule has 0 atom stereocenters. The number of anilines is 1. The quantitative estimate of drug-likeness (QED) is 0.596. The number of carbonyl (C=O) groups is 3. The van der Waals surface area contributed by atoms with E-state index in [1.54, 1.807) is 13.8 Å². The van der Waals surface area contributed by atoms with Gasteiger partial charge in [-0.1, -0.05) is 0 Å². The standard InChI is InChI=1S/C10H14N4O5/c1-5-9(6(2)13-12-5)11-10(19)14(3-7(15)16)4-8(17)18/h3-4H2,1-2H3,(H,11,19)(H,12,13)(H,15,16)(H,17,18). The van der Waals surface area contributed by atoms with E-state index in [2.05, 4.69) is 15.5 Å². The molecule has 0 fully saturated rings. The zero-order valence-electron chi connectivity index (χ0n) is 10.4. The van der Waals surface area contributed by atoms with Crippen LogP contribution >= 0.6 is 0 Å². The maximum atomic E-state index is 11.8. The van der Waals surface area contributed by atoms with E-state index in [-0.39, 0.29) is 0 Å². The maximum absolute atomic E-state index is 11.8. The molecule has 0 spiro atoms. The van der Waals surface area contributed by atoms with Crippen molar-refractivity contribution in [3.8, 4) is 0 Å². The predicted molar refractivity (Wildman–Crippen MR) is 63.9 cm³/mol. The predicted octanol–water partition coefficient (Wildman–Crippen LogP) is 0.0296. The minimum absolute atomic E-state index is 0.408. The lowest BCUT2D eigenvalue weighted by Crippen LogP contribution is -2.42. The number of aromatic amines is 1. The topological polar surface area (TPSA) is 136 Å². The van der Waals surface area contributed by atoms with Gasteiger partial charge in [-0.2, -0.15) is 5.10 Å². The van der Waals surface area contributed by atoms with Crippen LogP contribution in [0.1, 0.15) is 11.4 Å². The molecule has 0 unspecified atom stereocenters. The second kappa shape index (κ2) is 5.85. The highest BCUT2D eigenvalue weighted by atomic mass is 16.4. The van der Waals surface area contributed by atoms with Crippen molar-refractivity contribution in [1.82, 2.24) is 15.1 Å². The van der Waals surface area contributed by atoms with Crippen LogP contribution < -0.4 is 5.32 Å². The van der Waals surface area contributed by atoms with Gasteiger partial charge in [0.15, 0.2) is 0 Å². The third kappa shape index (κ3) is 3.98. The van der Waals surface area contributed by atoms with Crippen molar-refractivity contribution in [3.63, 3.8) is 0 Å². The summed E-state index contributed by atoms with van der Waals surface area (Å²) in [6.45, 7) is 1.92. The average molecular weight is 270 g/mol. The molecule has 0 aromatic carbocycles. The summed E-state index contributed by atoms with van der Waals surface area (Å²) in [4.78, 5) is 33.7. The van der Waals surface area contributed by atoms with Crippen LogP contribution in [0.3, 0.4) is 0 Å². The molecule has 9 nitrogen and oxygen atoms in total. The average Bonchev–Trinajstić information content (AvgIpc) is 2.58. The van der Waals surface area contributed by atoms with Crippen molar-refractivity contribution in [2.24, 2.45) is 0 Å². The summed E-state index contributed by atoms with van der Waals surface area (Å²) in [5, 5.41) is 26.2. The Labute approximate surface area is 108 Å². The highest BCUT2D eigenvalue weighted by Gasteiger charge is 2.21. The number of nitrogens with zero attached hydrogens (tertiary/aromatic N) is 2. The first-order valence-electron chi connectivity index (χ1n) is 5.32. The SMILES string of the molecule is Cc1n[nH]c(C)c1NC(=O)N(CC(=O)O)CC(=O)O. The van der Waals surface area contributed by atoms with Gasteiger partial charge in [0.25, 0.3) is 0 Å². The van der Waals surface area contributed by atoms with Crippen molar-refractivity contribution in [3.05, 3.63) is 11.4 Å². The van der Waals surface area contributed by atoms with Crippen LogP contribution in [0.25, 0.3) is 0 Å². The van der Waals surface area contributed by atoms with E-state index >= 15 is 0 Å². The number of rotatable bonds is 5. The number of carbonyl (C=O) groups excluding carboxylic acids is 1. The summed E-state index contributed by atoms with van der Waals surface area (Å²) in [6.07, 6.45) is 0. The molecule has 1 aromatic rings. The monoisotopic (exact) mass is 270 g/mol. The lowest BCUT2D eigenvalue weighted by atomic mass is 10.3. The minimum Gasteiger partial charge on any atom is -0.480 e. The summed E-state index contributed by atoms with van der Waals surface area (Å²) in [6, 6.07) is -0.808. The number of amides is 2. The van der Waals surface area contributed by atoms with Crippen molar-refractivity contribution in [2.75, 3.05) is 18.4 Å². The van der Waals surface area contributed by atoms with Gasteiger partial charge in [-0.05, 0) is 13.8 Å². The number of hydrogen-bond donors (Lipinski definition) is 4. The van der Waals surface area contributed by atoms with Crippen LogP contribution in [0.2, 0.25) is 0 Å². The highest BCUT2D eigenvalue weighted by Crippen LogP contribution is 2.16. The largest absolute Gasteiger partial charge is 0.480 e. The summed E-state index contributed by atoms with van der Waals surface area (Å²) >= 11 is 0. The molecule has 19 heavy (non-hydrogen) atoms. The van der Waals surface area contributed by atoms with Gasteiger partial charge in [0.2, 0.25) is 0 Å². The number of carboxylic acids is 2. The Bertz CT molecular complexity index is 475. The van der Waals surface area contributed by atoms with E-state index in [0.717, 1.165) is 0 Å². The van der Waals surface area contributed by atoms with E-state index < -0.39 is 31.1 Å². The van der Waals surface area contributed by atoms with Crippen molar-refractivity contribution in [1.29, 1.82) is 0 Å². The summed E-state index contributed by atoms with van der Waals surface area (Å²) in [5.41, 5.74) is 1.53. The number of urea groups is 1. The third-order valence-corrected chi connectivity index (χ3v) is 2.30. The van der Waals surface area contributed by atoms with Gasteiger partial charge in [-0.25, -0.2) is 4.79 Å². The lowest BCUT2D eigenvalue weighted by molar-refractivity contribution is -0.140. The maximum Gasteiger partial charge on any atom is 0.323 e. The van der Waals surface area contributed by atoms with Crippen LogP contribution in [0, 0.1) is 13.8 Å². The van der Waals surface area contributed by atoms with E-state index in [0.29, 0.717) is 22.0 Å². The Morgan fingerprint density at radius 3 is 2.11 bits per heavy atom. The molecule has 0 saturated carbocycles. The van der Waals surface area contributed by atoms with Crippen LogP contribution in [-0.4, -0.2) is 56.4 Å². The van der Waals surface area contributed by atoms with Crippen LogP contribution in [-0.2, 0) is 9.59 Å². The Morgan fingerprint density at radius 2 is 1.74 bits per heavy atom. The second-order valence-electron chi connectivity index (χ2n) is 3.88. The summed E-state index contributed by atoms with van der Waals surface area (Å²) in [7, 11) is 0. The molecule has 1 aromatic heterocycles. The molecule has 0 radical (unpaired) electrons. The van der Waals surface area contributed by atoms with Gasteiger partial charge >= 0.3 is 18.0 Å². The molecule has 0 bridgehead atoms. The Morgan fingerprint density at radius 1 is 1.21 bits per heavy atom. The fourth-order valence-electron chi connectivity index (χ4n) is 1.45. The van der Waals surface area contributed by atoms with Gasteiger partial charge in [0.1, 0.15) is 13.1 Å². The molecule has 0 aliphatic heterocycles. The smallest absolute Gasteiger partial charge is 0.323 e. The Hall–Kier alpha value is -2.58. The van der Waals surface area contributed by atoms with Gasteiger partial charge < -0.3 is 20.4 Å². The molecule has 0 aliphatic carbocycles. The Balaban J connectivity index is 2.82. The first-order chi connectivity index (χ1) is 8.81. The van der Waals surface area contributed by atoms with Crippen LogP contribution in [0.5, 0.6) is 0 Å². The number of H-pyrrole nitrogens is 1. The highest BCUT2D eigenvalue weighted by molar-refractivity contribution is 5.94. The number of aryl methyl sites for hydroxylation is 2. The van der Waals surface area contributed by atoms with Crippen molar-refractivity contribution in [2.45, 2.75) is 13.8 Å². The lowest BCUT2D eigenvalue weighted by Gasteiger charge is -2.19. The molecule has 1 rings (SSSR count). The van der Waals surface area contributed by atoms with E-state index in [1.807, 2.05) is 0 Å². The number of hydrogen-bond acceptors (Lipinski definition) is 4. The fourth-order valence-corrected chi connectivity index (χ4v) is 1.45. The molecule has 0 aliphatic rings. The normalized spacial score (nSPS) is 10.0. The third-order valence-electron chi connectivity index (χ3n) is 2.30. The van der Waals surface area contributed by atoms with Crippen LogP contribution in [0.15, 0.2) is 0 Å². The molecule has 4 N–H and O–H groups in total. The number of aromatic nitrogens is 2. The Kier molecular flexibility index (Phi) is 4.46. The zero-order chi connectivity index (χ0) is 14.6. The molecular weight excluding hydrogens is 256 g/mol. The van der Waals surface area contributed by atoms with E-state index in [1.165, 1.54) is 0 Å². The van der Waals surface area contributed by atoms with E-state index in [4.69, 9.17) is 10.2 Å². The number of aliphatic carboxylic acids is 2. The van der Waals surface area contributed by atoms with Crippen LogP contribution in [0.4, 0.5) is 10.5 Å². The number of nitrogens with one attached hydrogen (secondary N) is 2. The van der Waals surface area contributed by atoms with Gasteiger partial charge in [-0.15, -0.1) is 0 Å². The van der Waals surface area contributed by atoms with Gasteiger partial charge in [0, 0.05) is 0 Å². The first kappa shape index (κ1) is 14.5. The minimum atomic E-state index is -1.29. The molecule has 9 heteroatoms. The molecule has 2 amide bonds. The fraction of sp³-hybridized carbons (Fsp3) is 0.400. The molecule has 104 valence electrons. The van der Waals surface area contributed by atoms with Crippen molar-refractivity contribution >= 4 is 23.7 Å². The summed E-state index contributed by atoms with van der Waals surface area (Å²) < 4.78 is 0. The second-order valence-corrected chi connectivity index (χ2v) is 3.88. The first-order valence-corrected chi connectivity index (χ1v) is 5.32. The zero-order valence-corrected chi connectivity index (χ0v) is 10.4. The summed E-state index contributed by atoms with van der Waals surface area (Å²) in [5.74, 6) is -2.59. The molecule has 1 heterocycles. The van der Waals surface area contributed by atoms with E-state index in [9.17, 15) is 14.4 Å². The van der Waals surface area contributed by atoms with Gasteiger partial charge in [-0.3, -0.25) is 14.7 Å². The number of carboxylic acid groups (broad SMARTS) is 2.